The number of nitrogens with two attached hydrogens (primary N) is 1. The summed E-state index contributed by atoms with van der Waals surface area (Å²) < 4.78 is 1.94. The molecule has 0 radical (unpaired) electrons. The van der Waals surface area contributed by atoms with E-state index in [4.69, 9.17) is 17.3 Å². The van der Waals surface area contributed by atoms with Crippen molar-refractivity contribution in [1.82, 2.24) is 9.78 Å². The van der Waals surface area contributed by atoms with Crippen molar-refractivity contribution in [3.63, 3.8) is 0 Å². The average molecular weight is 288 g/mol. The van der Waals surface area contributed by atoms with Crippen LogP contribution in [0.5, 0.6) is 0 Å². The molecule has 0 aliphatic heterocycles. The molecule has 0 fully saturated rings. The lowest BCUT2D eigenvalue weighted by Gasteiger charge is -2.30. The second-order valence-electron chi connectivity index (χ2n) is 5.17. The third kappa shape index (κ3) is 3.50. The molecule has 0 spiro atoms. The number of aryl methyl sites for hydroxylation is 2. The molecule has 3 N–H and O–H groups in total. The Kier molecular flexibility index (Phi) is 6.30. The fourth-order valence-electron chi connectivity index (χ4n) is 2.53. The second kappa shape index (κ2) is 7.27. The van der Waals surface area contributed by atoms with Gasteiger partial charge in [-0.05, 0) is 26.2 Å². The minimum atomic E-state index is -0.281. The Morgan fingerprint density at radius 2 is 2.05 bits per heavy atom. The molecule has 1 aromatic heterocycles. The van der Waals surface area contributed by atoms with Crippen LogP contribution >= 0.6 is 11.6 Å². The van der Waals surface area contributed by atoms with Gasteiger partial charge in [0.05, 0.1) is 23.0 Å². The lowest BCUT2D eigenvalue weighted by molar-refractivity contribution is 0.118. The molecule has 1 aromatic rings. The molecule has 0 aliphatic rings. The average Bonchev–Trinajstić information content (AvgIpc) is 2.74. The van der Waals surface area contributed by atoms with E-state index in [-0.39, 0.29) is 12.0 Å². The van der Waals surface area contributed by atoms with Crippen LogP contribution in [0.1, 0.15) is 45.0 Å². The van der Waals surface area contributed by atoms with Gasteiger partial charge >= 0.3 is 0 Å². The normalized spacial score (nSPS) is 14.6. The van der Waals surface area contributed by atoms with Crippen molar-refractivity contribution in [1.29, 1.82) is 0 Å². The molecule has 1 rings (SSSR count). The van der Waals surface area contributed by atoms with Gasteiger partial charge in [0.15, 0.2) is 0 Å². The van der Waals surface area contributed by atoms with E-state index < -0.39 is 0 Å². The molecule has 0 amide bonds. The smallest absolute Gasteiger partial charge is 0.0850 e. The van der Waals surface area contributed by atoms with Crippen molar-refractivity contribution in [2.45, 2.75) is 53.0 Å². The monoisotopic (exact) mass is 287 g/mol. The van der Waals surface area contributed by atoms with Crippen LogP contribution in [0.15, 0.2) is 0 Å². The molecule has 19 heavy (non-hydrogen) atoms. The van der Waals surface area contributed by atoms with E-state index in [1.54, 1.807) is 0 Å². The van der Waals surface area contributed by atoms with E-state index >= 15 is 0 Å². The third-order valence-electron chi connectivity index (χ3n) is 3.79. The minimum Gasteiger partial charge on any atom is -0.396 e. The highest BCUT2D eigenvalue weighted by Gasteiger charge is 2.30. The summed E-state index contributed by atoms with van der Waals surface area (Å²) in [5.74, 6) is 0. The maximum atomic E-state index is 9.73. The highest BCUT2D eigenvalue weighted by atomic mass is 35.5. The molecule has 0 saturated heterocycles. The molecule has 0 bridgehead atoms. The Balaban J connectivity index is 3.11. The van der Waals surface area contributed by atoms with Gasteiger partial charge in [-0.2, -0.15) is 5.10 Å². The largest absolute Gasteiger partial charge is 0.396 e. The van der Waals surface area contributed by atoms with Crippen molar-refractivity contribution >= 4 is 11.6 Å². The maximum absolute atomic E-state index is 9.73. The Bertz CT molecular complexity index is 400. The Morgan fingerprint density at radius 1 is 1.37 bits per heavy atom. The maximum Gasteiger partial charge on any atom is 0.0850 e. The summed E-state index contributed by atoms with van der Waals surface area (Å²) in [4.78, 5) is 0. The zero-order chi connectivity index (χ0) is 14.5. The van der Waals surface area contributed by atoms with Gasteiger partial charge in [-0.1, -0.05) is 31.9 Å². The molecular formula is C14H26ClN3O. The quantitative estimate of drug-likeness (QED) is 0.772. The topological polar surface area (TPSA) is 64.1 Å². The number of hydrogen-bond donors (Lipinski definition) is 2. The molecule has 1 atom stereocenters. The van der Waals surface area contributed by atoms with E-state index in [1.807, 2.05) is 11.6 Å². The van der Waals surface area contributed by atoms with Crippen molar-refractivity contribution in [3.8, 4) is 0 Å². The molecule has 4 nitrogen and oxygen atoms in total. The summed E-state index contributed by atoms with van der Waals surface area (Å²) in [6.07, 6.45) is 3.40. The van der Waals surface area contributed by atoms with E-state index in [2.05, 4.69) is 18.9 Å². The zero-order valence-corrected chi connectivity index (χ0v) is 13.0. The molecule has 0 aromatic carbocycles. The lowest BCUT2D eigenvalue weighted by Crippen LogP contribution is -2.37. The Hall–Kier alpha value is -0.580. The number of aliphatic hydroxyl groups is 1. The number of halogens is 1. The van der Waals surface area contributed by atoms with Gasteiger partial charge in [-0.15, -0.1) is 0 Å². The van der Waals surface area contributed by atoms with E-state index in [0.29, 0.717) is 13.0 Å². The Morgan fingerprint density at radius 3 is 2.47 bits per heavy atom. The predicted molar refractivity (Wildman–Crippen MR) is 79.5 cm³/mol. The summed E-state index contributed by atoms with van der Waals surface area (Å²) in [6, 6.07) is 0. The van der Waals surface area contributed by atoms with Gasteiger partial charge < -0.3 is 10.8 Å². The van der Waals surface area contributed by atoms with Gasteiger partial charge in [0.25, 0.3) is 0 Å². The predicted octanol–water partition coefficient (Wildman–Crippen LogP) is 2.40. The van der Waals surface area contributed by atoms with Gasteiger partial charge in [0, 0.05) is 18.5 Å². The molecule has 1 unspecified atom stereocenters. The van der Waals surface area contributed by atoms with Crippen LogP contribution < -0.4 is 5.73 Å². The molecule has 0 saturated carbocycles. The number of nitrogens with zero attached hydrogens (tertiary/aromatic N) is 2. The van der Waals surface area contributed by atoms with Crippen molar-refractivity contribution in [2.24, 2.45) is 11.1 Å². The van der Waals surface area contributed by atoms with Crippen LogP contribution in [0.25, 0.3) is 0 Å². The van der Waals surface area contributed by atoms with Crippen LogP contribution in [0, 0.1) is 5.41 Å². The van der Waals surface area contributed by atoms with Crippen LogP contribution in [-0.2, 0) is 19.4 Å². The number of hydrogen-bond acceptors (Lipinski definition) is 3. The first-order valence-electron chi connectivity index (χ1n) is 7.12. The SMILES string of the molecule is CCCC(CN)(CO)Cc1c(Cl)c(CC)nn1CC. The highest BCUT2D eigenvalue weighted by molar-refractivity contribution is 6.31. The van der Waals surface area contributed by atoms with Crippen molar-refractivity contribution < 1.29 is 5.11 Å². The molecule has 0 aliphatic carbocycles. The fourth-order valence-corrected chi connectivity index (χ4v) is 2.87. The first-order valence-corrected chi connectivity index (χ1v) is 7.50. The van der Waals surface area contributed by atoms with Crippen molar-refractivity contribution in [3.05, 3.63) is 16.4 Å². The van der Waals surface area contributed by atoms with Gasteiger partial charge in [0.2, 0.25) is 0 Å². The van der Waals surface area contributed by atoms with Gasteiger partial charge in [-0.25, -0.2) is 0 Å². The molecule has 110 valence electrons. The zero-order valence-electron chi connectivity index (χ0n) is 12.2. The second-order valence-corrected chi connectivity index (χ2v) is 5.54. The summed E-state index contributed by atoms with van der Waals surface area (Å²) >= 11 is 6.42. The fraction of sp³-hybridized carbons (Fsp3) is 0.786. The summed E-state index contributed by atoms with van der Waals surface area (Å²) in [5, 5.41) is 15.0. The van der Waals surface area contributed by atoms with E-state index in [9.17, 15) is 5.11 Å². The number of rotatable bonds is 8. The number of aliphatic hydroxyl groups excluding tert-OH is 1. The first kappa shape index (κ1) is 16.5. The van der Waals surface area contributed by atoms with E-state index in [1.165, 1.54) is 0 Å². The van der Waals surface area contributed by atoms with Gasteiger partial charge in [0.1, 0.15) is 0 Å². The Labute approximate surface area is 120 Å². The highest BCUT2D eigenvalue weighted by Crippen LogP contribution is 2.32. The standard InChI is InChI=1S/C14H26ClN3O/c1-4-7-14(9-16,10-19)8-12-13(15)11(5-2)17-18(12)6-3/h19H,4-10,16H2,1-3H3. The summed E-state index contributed by atoms with van der Waals surface area (Å²) in [5.41, 5.74) is 7.56. The summed E-state index contributed by atoms with van der Waals surface area (Å²) in [6.45, 7) is 7.54. The van der Waals surface area contributed by atoms with Crippen LogP contribution in [0.4, 0.5) is 0 Å². The lowest BCUT2D eigenvalue weighted by atomic mass is 9.80. The van der Waals surface area contributed by atoms with Crippen molar-refractivity contribution in [2.75, 3.05) is 13.2 Å². The van der Waals surface area contributed by atoms with Gasteiger partial charge in [-0.3, -0.25) is 4.68 Å². The number of aromatic nitrogens is 2. The molecular weight excluding hydrogens is 262 g/mol. The minimum absolute atomic E-state index is 0.0873. The third-order valence-corrected chi connectivity index (χ3v) is 4.22. The van der Waals surface area contributed by atoms with Crippen LogP contribution in [0.3, 0.4) is 0 Å². The summed E-state index contributed by atoms with van der Waals surface area (Å²) in [7, 11) is 0. The first-order chi connectivity index (χ1) is 9.07. The van der Waals surface area contributed by atoms with Crippen LogP contribution in [0.2, 0.25) is 5.02 Å². The molecule has 1 heterocycles. The van der Waals surface area contributed by atoms with E-state index in [0.717, 1.165) is 42.2 Å². The molecule has 5 heteroatoms. The van der Waals surface area contributed by atoms with Crippen LogP contribution in [-0.4, -0.2) is 28.0 Å².